The summed E-state index contributed by atoms with van der Waals surface area (Å²) in [5, 5.41) is -0.0399. The summed E-state index contributed by atoms with van der Waals surface area (Å²) in [6.45, 7) is 1.69. The van der Waals surface area contributed by atoms with Crippen LogP contribution in [0, 0.1) is 11.6 Å². The molecule has 100 valence electrons. The van der Waals surface area contributed by atoms with Gasteiger partial charge in [0.25, 0.3) is 0 Å². The molecule has 0 bridgehead atoms. The van der Waals surface area contributed by atoms with Gasteiger partial charge >= 0.3 is 0 Å². The Labute approximate surface area is 114 Å². The third-order valence-corrected chi connectivity index (χ3v) is 2.89. The highest BCUT2D eigenvalue weighted by atomic mass is 35.5. The first-order chi connectivity index (χ1) is 8.99. The van der Waals surface area contributed by atoms with Crippen molar-refractivity contribution in [1.82, 2.24) is 0 Å². The molecule has 0 saturated heterocycles. The molecule has 1 atom stereocenters. The minimum Gasteiger partial charge on any atom is -0.454 e. The molecule has 0 unspecified atom stereocenters. The lowest BCUT2D eigenvalue weighted by molar-refractivity contribution is 0.433. The molecular formula is C14H12ClF2NO. The zero-order valence-corrected chi connectivity index (χ0v) is 10.9. The monoisotopic (exact) mass is 283 g/mol. The average Bonchev–Trinajstić information content (AvgIpc) is 2.36. The third-order valence-electron chi connectivity index (χ3n) is 2.60. The molecule has 0 aliphatic heterocycles. The summed E-state index contributed by atoms with van der Waals surface area (Å²) in [4.78, 5) is 0. The molecule has 0 amide bonds. The van der Waals surface area contributed by atoms with Crippen molar-refractivity contribution in [2.45, 2.75) is 13.0 Å². The van der Waals surface area contributed by atoms with Gasteiger partial charge in [-0.3, -0.25) is 0 Å². The topological polar surface area (TPSA) is 35.2 Å². The van der Waals surface area contributed by atoms with Crippen LogP contribution < -0.4 is 10.5 Å². The second-order valence-corrected chi connectivity index (χ2v) is 4.53. The highest BCUT2D eigenvalue weighted by Gasteiger charge is 2.13. The first kappa shape index (κ1) is 13.8. The van der Waals surface area contributed by atoms with Crippen LogP contribution in [-0.2, 0) is 0 Å². The van der Waals surface area contributed by atoms with E-state index >= 15 is 0 Å². The van der Waals surface area contributed by atoms with E-state index in [1.165, 1.54) is 30.3 Å². The lowest BCUT2D eigenvalue weighted by atomic mass is 10.1. The molecule has 2 nitrogen and oxygen atoms in total. The van der Waals surface area contributed by atoms with Crippen LogP contribution in [0.2, 0.25) is 5.02 Å². The van der Waals surface area contributed by atoms with Gasteiger partial charge in [-0.05, 0) is 37.3 Å². The van der Waals surface area contributed by atoms with E-state index in [9.17, 15) is 8.78 Å². The molecule has 0 aliphatic carbocycles. The van der Waals surface area contributed by atoms with E-state index < -0.39 is 17.7 Å². The maximum Gasteiger partial charge on any atom is 0.184 e. The van der Waals surface area contributed by atoms with E-state index in [0.29, 0.717) is 11.3 Å². The SMILES string of the molecule is C[C@H](N)c1cc(F)ccc1Oc1cccc(Cl)c1F. The van der Waals surface area contributed by atoms with Gasteiger partial charge in [0.15, 0.2) is 11.6 Å². The fourth-order valence-electron chi connectivity index (χ4n) is 1.65. The standard InChI is InChI=1S/C14H12ClF2NO/c1-8(18)10-7-9(16)5-6-12(10)19-13-4-2-3-11(15)14(13)17/h2-8H,18H2,1H3/t8-/m0/s1. The first-order valence-corrected chi connectivity index (χ1v) is 6.03. The zero-order valence-electron chi connectivity index (χ0n) is 10.2. The fraction of sp³-hybridized carbons (Fsp3) is 0.143. The Hall–Kier alpha value is -1.65. The van der Waals surface area contributed by atoms with Crippen LogP contribution in [-0.4, -0.2) is 0 Å². The quantitative estimate of drug-likeness (QED) is 0.904. The van der Waals surface area contributed by atoms with Gasteiger partial charge in [0.05, 0.1) is 5.02 Å². The largest absolute Gasteiger partial charge is 0.454 e. The normalized spacial score (nSPS) is 12.3. The number of benzene rings is 2. The molecule has 0 aliphatic rings. The number of hydrogen-bond donors (Lipinski definition) is 1. The van der Waals surface area contributed by atoms with Crippen molar-refractivity contribution in [2.24, 2.45) is 5.73 Å². The van der Waals surface area contributed by atoms with Gasteiger partial charge in [-0.1, -0.05) is 17.7 Å². The van der Waals surface area contributed by atoms with E-state index in [1.54, 1.807) is 13.0 Å². The zero-order chi connectivity index (χ0) is 14.0. The molecule has 0 aromatic heterocycles. The number of hydrogen-bond acceptors (Lipinski definition) is 2. The van der Waals surface area contributed by atoms with Crippen LogP contribution in [0.15, 0.2) is 36.4 Å². The van der Waals surface area contributed by atoms with E-state index in [0.717, 1.165) is 0 Å². The summed E-state index contributed by atoms with van der Waals surface area (Å²) in [5.74, 6) is -0.811. The van der Waals surface area contributed by atoms with Gasteiger partial charge in [0.2, 0.25) is 0 Å². The molecule has 0 radical (unpaired) electrons. The predicted molar refractivity (Wildman–Crippen MR) is 70.5 cm³/mol. The Morgan fingerprint density at radius 3 is 2.58 bits per heavy atom. The van der Waals surface area contributed by atoms with Crippen molar-refractivity contribution in [3.8, 4) is 11.5 Å². The van der Waals surface area contributed by atoms with Crippen LogP contribution in [0.25, 0.3) is 0 Å². The Morgan fingerprint density at radius 1 is 1.16 bits per heavy atom. The van der Waals surface area contributed by atoms with Crippen LogP contribution in [0.5, 0.6) is 11.5 Å². The van der Waals surface area contributed by atoms with Gasteiger partial charge < -0.3 is 10.5 Å². The number of ether oxygens (including phenoxy) is 1. The van der Waals surface area contributed by atoms with Crippen molar-refractivity contribution in [1.29, 1.82) is 0 Å². The fourth-order valence-corrected chi connectivity index (χ4v) is 1.82. The lowest BCUT2D eigenvalue weighted by Gasteiger charge is -2.14. The van der Waals surface area contributed by atoms with Gasteiger partial charge in [0, 0.05) is 11.6 Å². The van der Waals surface area contributed by atoms with Gasteiger partial charge in [-0.2, -0.15) is 0 Å². The molecule has 2 aromatic rings. The molecule has 0 heterocycles. The summed E-state index contributed by atoms with van der Waals surface area (Å²) in [7, 11) is 0. The molecule has 2 aromatic carbocycles. The second kappa shape index (κ2) is 5.55. The Morgan fingerprint density at radius 2 is 1.89 bits per heavy atom. The molecular weight excluding hydrogens is 272 g/mol. The van der Waals surface area contributed by atoms with E-state index in [1.807, 2.05) is 0 Å². The summed E-state index contributed by atoms with van der Waals surface area (Å²) in [5.41, 5.74) is 6.20. The number of nitrogens with two attached hydrogens (primary N) is 1. The minimum absolute atomic E-state index is 0.0268. The highest BCUT2D eigenvalue weighted by Crippen LogP contribution is 2.32. The van der Waals surface area contributed by atoms with Crippen molar-refractivity contribution in [3.63, 3.8) is 0 Å². The van der Waals surface area contributed by atoms with Crippen LogP contribution >= 0.6 is 11.6 Å². The summed E-state index contributed by atoms with van der Waals surface area (Å²) in [6.07, 6.45) is 0. The van der Waals surface area contributed by atoms with E-state index in [-0.39, 0.29) is 10.8 Å². The lowest BCUT2D eigenvalue weighted by Crippen LogP contribution is -2.07. The summed E-state index contributed by atoms with van der Waals surface area (Å²) >= 11 is 5.67. The number of halogens is 3. The molecule has 0 saturated carbocycles. The maximum atomic E-state index is 13.7. The summed E-state index contributed by atoms with van der Waals surface area (Å²) < 4.78 is 32.4. The molecule has 5 heteroatoms. The van der Waals surface area contributed by atoms with Crippen molar-refractivity contribution in [2.75, 3.05) is 0 Å². The molecule has 2 N–H and O–H groups in total. The minimum atomic E-state index is -0.663. The predicted octanol–water partition coefficient (Wildman–Crippen LogP) is 4.43. The van der Waals surface area contributed by atoms with Gasteiger partial charge in [0.1, 0.15) is 11.6 Å². The molecule has 19 heavy (non-hydrogen) atoms. The Kier molecular flexibility index (Phi) is 4.02. The Bertz CT molecular complexity index is 602. The van der Waals surface area contributed by atoms with Crippen molar-refractivity contribution in [3.05, 3.63) is 58.6 Å². The van der Waals surface area contributed by atoms with Gasteiger partial charge in [-0.25, -0.2) is 8.78 Å². The first-order valence-electron chi connectivity index (χ1n) is 5.66. The van der Waals surface area contributed by atoms with Crippen LogP contribution in [0.3, 0.4) is 0 Å². The maximum absolute atomic E-state index is 13.7. The average molecular weight is 284 g/mol. The number of rotatable bonds is 3. The Balaban J connectivity index is 2.41. The third kappa shape index (κ3) is 3.03. The highest BCUT2D eigenvalue weighted by molar-refractivity contribution is 6.30. The van der Waals surface area contributed by atoms with Gasteiger partial charge in [-0.15, -0.1) is 0 Å². The van der Waals surface area contributed by atoms with Crippen molar-refractivity contribution < 1.29 is 13.5 Å². The van der Waals surface area contributed by atoms with E-state index in [2.05, 4.69) is 0 Å². The van der Waals surface area contributed by atoms with Crippen molar-refractivity contribution >= 4 is 11.6 Å². The van der Waals surface area contributed by atoms with Crippen LogP contribution in [0.4, 0.5) is 8.78 Å². The molecule has 0 fully saturated rings. The van der Waals surface area contributed by atoms with E-state index in [4.69, 9.17) is 22.1 Å². The molecule has 2 rings (SSSR count). The molecule has 0 spiro atoms. The smallest absolute Gasteiger partial charge is 0.184 e. The summed E-state index contributed by atoms with van der Waals surface area (Å²) in [6, 6.07) is 7.89. The second-order valence-electron chi connectivity index (χ2n) is 4.12. The van der Waals surface area contributed by atoms with Crippen LogP contribution in [0.1, 0.15) is 18.5 Å².